The van der Waals surface area contributed by atoms with Crippen LogP contribution in [0.4, 0.5) is 4.39 Å². The number of hydrogen-bond acceptors (Lipinski definition) is 2. The van der Waals surface area contributed by atoms with E-state index in [2.05, 4.69) is 40.3 Å². The number of nitrogens with one attached hydrogen (secondary N) is 1. The van der Waals surface area contributed by atoms with E-state index in [-0.39, 0.29) is 5.82 Å². The molecule has 0 aliphatic heterocycles. The van der Waals surface area contributed by atoms with E-state index in [1.807, 2.05) is 6.07 Å². The second-order valence-corrected chi connectivity index (χ2v) is 5.74. The van der Waals surface area contributed by atoms with Crippen LogP contribution in [0.5, 0.6) is 5.75 Å². The van der Waals surface area contributed by atoms with Crippen LogP contribution in [0.3, 0.4) is 0 Å². The second-order valence-electron chi connectivity index (χ2n) is 4.88. The van der Waals surface area contributed by atoms with E-state index in [4.69, 9.17) is 4.74 Å². The van der Waals surface area contributed by atoms with Crippen molar-refractivity contribution in [1.82, 2.24) is 5.32 Å². The largest absolute Gasteiger partial charge is 0.486 e. The lowest BCUT2D eigenvalue weighted by atomic mass is 10.1. The molecule has 0 bridgehead atoms. The average Bonchev–Trinajstić information content (AvgIpc) is 2.48. The van der Waals surface area contributed by atoms with Crippen molar-refractivity contribution in [2.45, 2.75) is 27.0 Å². The minimum atomic E-state index is -0.294. The van der Waals surface area contributed by atoms with Crippen LogP contribution < -0.4 is 10.1 Å². The van der Waals surface area contributed by atoms with Gasteiger partial charge < -0.3 is 10.1 Å². The maximum absolute atomic E-state index is 13.9. The van der Waals surface area contributed by atoms with Gasteiger partial charge >= 0.3 is 0 Å². The first-order chi connectivity index (χ1) is 10.1. The van der Waals surface area contributed by atoms with Gasteiger partial charge in [0.25, 0.3) is 0 Å². The molecule has 2 aromatic rings. The Hall–Kier alpha value is -1.39. The molecule has 112 valence electrons. The first-order valence-corrected chi connectivity index (χ1v) is 7.77. The normalized spacial score (nSPS) is 10.7. The quantitative estimate of drug-likeness (QED) is 0.821. The molecule has 21 heavy (non-hydrogen) atoms. The molecule has 0 spiro atoms. The standard InChI is InChI=1S/C17H19BrFNO/c1-3-20-10-13-7-8-14(15(18)9-13)11-21-16-6-4-5-12(2)17(16)19/h4-9,20H,3,10-11H2,1-2H3. The number of hydrogen-bond donors (Lipinski definition) is 1. The van der Waals surface area contributed by atoms with Crippen LogP contribution in [0.25, 0.3) is 0 Å². The lowest BCUT2D eigenvalue weighted by Gasteiger charge is -2.11. The Labute approximate surface area is 133 Å². The predicted molar refractivity (Wildman–Crippen MR) is 87.0 cm³/mol. The molecule has 1 N–H and O–H groups in total. The summed E-state index contributed by atoms with van der Waals surface area (Å²) in [4.78, 5) is 0. The number of benzene rings is 2. The van der Waals surface area contributed by atoms with Crippen LogP contribution in [0, 0.1) is 12.7 Å². The van der Waals surface area contributed by atoms with Crippen LogP contribution in [-0.2, 0) is 13.2 Å². The summed E-state index contributed by atoms with van der Waals surface area (Å²) in [7, 11) is 0. The summed E-state index contributed by atoms with van der Waals surface area (Å²) >= 11 is 3.54. The third kappa shape index (κ3) is 4.29. The van der Waals surface area contributed by atoms with Crippen molar-refractivity contribution < 1.29 is 9.13 Å². The van der Waals surface area contributed by atoms with Crippen LogP contribution in [0.2, 0.25) is 0 Å². The van der Waals surface area contributed by atoms with Gasteiger partial charge in [0.05, 0.1) is 0 Å². The molecule has 0 atom stereocenters. The molecule has 0 aromatic heterocycles. The summed E-state index contributed by atoms with van der Waals surface area (Å²) in [5.41, 5.74) is 2.79. The molecule has 4 heteroatoms. The van der Waals surface area contributed by atoms with E-state index >= 15 is 0 Å². The van der Waals surface area contributed by atoms with Gasteiger partial charge in [-0.1, -0.05) is 47.1 Å². The summed E-state index contributed by atoms with van der Waals surface area (Å²) in [5.74, 6) is -0.00369. The Balaban J connectivity index is 2.04. The predicted octanol–water partition coefficient (Wildman–Crippen LogP) is 4.59. The first kappa shape index (κ1) is 16.0. The first-order valence-electron chi connectivity index (χ1n) is 6.97. The lowest BCUT2D eigenvalue weighted by Crippen LogP contribution is -2.11. The van der Waals surface area contributed by atoms with Gasteiger partial charge in [0, 0.05) is 16.6 Å². The summed E-state index contributed by atoms with van der Waals surface area (Å²) in [6, 6.07) is 11.3. The Bertz CT molecular complexity index is 616. The van der Waals surface area contributed by atoms with E-state index in [1.165, 1.54) is 5.56 Å². The smallest absolute Gasteiger partial charge is 0.167 e. The number of ether oxygens (including phenoxy) is 1. The highest BCUT2D eigenvalue weighted by atomic mass is 79.9. The summed E-state index contributed by atoms with van der Waals surface area (Å²) in [6.07, 6.45) is 0. The second kappa shape index (κ2) is 7.57. The van der Waals surface area contributed by atoms with Gasteiger partial charge in [-0.05, 0) is 36.7 Å². The fraction of sp³-hybridized carbons (Fsp3) is 0.294. The zero-order chi connectivity index (χ0) is 15.2. The van der Waals surface area contributed by atoms with Crippen molar-refractivity contribution in [3.05, 3.63) is 63.4 Å². The maximum atomic E-state index is 13.9. The van der Waals surface area contributed by atoms with E-state index in [1.54, 1.807) is 25.1 Å². The molecule has 0 radical (unpaired) electrons. The highest BCUT2D eigenvalue weighted by Crippen LogP contribution is 2.24. The minimum absolute atomic E-state index is 0.290. The van der Waals surface area contributed by atoms with E-state index < -0.39 is 0 Å². The Morgan fingerprint density at radius 1 is 1.24 bits per heavy atom. The van der Waals surface area contributed by atoms with Gasteiger partial charge in [0.1, 0.15) is 6.61 Å². The molecule has 2 nitrogen and oxygen atoms in total. The van der Waals surface area contributed by atoms with Crippen LogP contribution >= 0.6 is 15.9 Å². The molecule has 2 aromatic carbocycles. The molecule has 0 heterocycles. The molecular weight excluding hydrogens is 333 g/mol. The molecule has 2 rings (SSSR count). The molecule has 0 aliphatic carbocycles. The van der Waals surface area contributed by atoms with E-state index in [9.17, 15) is 4.39 Å². The summed E-state index contributed by atoms with van der Waals surface area (Å²) in [6.45, 7) is 5.92. The SMILES string of the molecule is CCNCc1ccc(COc2cccc(C)c2F)c(Br)c1. The molecule has 0 saturated heterocycles. The van der Waals surface area contributed by atoms with E-state index in [0.717, 1.165) is 23.1 Å². The van der Waals surface area contributed by atoms with E-state index in [0.29, 0.717) is 17.9 Å². The summed E-state index contributed by atoms with van der Waals surface area (Å²) in [5, 5.41) is 3.28. The Morgan fingerprint density at radius 2 is 2.05 bits per heavy atom. The van der Waals surface area contributed by atoms with Gasteiger partial charge in [-0.3, -0.25) is 0 Å². The molecule has 0 fully saturated rings. The van der Waals surface area contributed by atoms with Crippen molar-refractivity contribution in [2.75, 3.05) is 6.54 Å². The third-order valence-corrected chi connectivity index (χ3v) is 3.97. The number of rotatable bonds is 6. The molecule has 0 saturated carbocycles. The van der Waals surface area contributed by atoms with Gasteiger partial charge in [0.15, 0.2) is 11.6 Å². The molecule has 0 aliphatic rings. The topological polar surface area (TPSA) is 21.3 Å². The van der Waals surface area contributed by atoms with Gasteiger partial charge in [-0.2, -0.15) is 0 Å². The van der Waals surface area contributed by atoms with Crippen LogP contribution in [0.15, 0.2) is 40.9 Å². The fourth-order valence-corrected chi connectivity index (χ4v) is 2.52. The van der Waals surface area contributed by atoms with Gasteiger partial charge in [0.2, 0.25) is 0 Å². The van der Waals surface area contributed by atoms with Crippen molar-refractivity contribution in [3.63, 3.8) is 0 Å². The highest BCUT2D eigenvalue weighted by molar-refractivity contribution is 9.10. The zero-order valence-electron chi connectivity index (χ0n) is 12.2. The van der Waals surface area contributed by atoms with Crippen molar-refractivity contribution >= 4 is 15.9 Å². The Kier molecular flexibility index (Phi) is 5.76. The number of aryl methyl sites for hydroxylation is 1. The zero-order valence-corrected chi connectivity index (χ0v) is 13.8. The van der Waals surface area contributed by atoms with Crippen molar-refractivity contribution in [2.24, 2.45) is 0 Å². The van der Waals surface area contributed by atoms with Crippen LogP contribution in [-0.4, -0.2) is 6.54 Å². The third-order valence-electron chi connectivity index (χ3n) is 3.24. The lowest BCUT2D eigenvalue weighted by molar-refractivity contribution is 0.289. The van der Waals surface area contributed by atoms with Gasteiger partial charge in [-0.25, -0.2) is 4.39 Å². The Morgan fingerprint density at radius 3 is 2.76 bits per heavy atom. The highest BCUT2D eigenvalue weighted by Gasteiger charge is 2.07. The fourth-order valence-electron chi connectivity index (χ4n) is 1.97. The molecular formula is C17H19BrFNO. The van der Waals surface area contributed by atoms with Crippen molar-refractivity contribution in [3.8, 4) is 5.75 Å². The molecule has 0 amide bonds. The minimum Gasteiger partial charge on any atom is -0.486 e. The average molecular weight is 352 g/mol. The maximum Gasteiger partial charge on any atom is 0.167 e. The molecule has 0 unspecified atom stereocenters. The van der Waals surface area contributed by atoms with Crippen molar-refractivity contribution in [1.29, 1.82) is 0 Å². The summed E-state index contributed by atoms with van der Waals surface area (Å²) < 4.78 is 20.4. The van der Waals surface area contributed by atoms with Crippen LogP contribution in [0.1, 0.15) is 23.6 Å². The van der Waals surface area contributed by atoms with Gasteiger partial charge in [-0.15, -0.1) is 0 Å². The monoisotopic (exact) mass is 351 g/mol. The number of halogens is 2.